The van der Waals surface area contributed by atoms with Crippen LogP contribution in [0, 0.1) is 5.41 Å². The van der Waals surface area contributed by atoms with Crippen molar-refractivity contribution in [1.29, 1.82) is 0 Å². The Labute approximate surface area is 170 Å². The van der Waals surface area contributed by atoms with Gasteiger partial charge in [-0.2, -0.15) is 0 Å². The SMILES string of the molecule is CCNC(=NCC(C)(C)CCS(C)(=O)=O)NCCc1ccccc1.I. The van der Waals surface area contributed by atoms with Crippen molar-refractivity contribution in [2.24, 2.45) is 10.4 Å². The molecule has 0 saturated carbocycles. The van der Waals surface area contributed by atoms with Crippen LogP contribution in [0.15, 0.2) is 35.3 Å². The summed E-state index contributed by atoms with van der Waals surface area (Å²) in [5.41, 5.74) is 1.14. The second kappa shape index (κ2) is 11.7. The number of hydrogen-bond acceptors (Lipinski definition) is 3. The van der Waals surface area contributed by atoms with Crippen molar-refractivity contribution < 1.29 is 8.42 Å². The number of guanidine groups is 1. The number of sulfone groups is 1. The Morgan fingerprint density at radius 2 is 1.80 bits per heavy atom. The molecule has 0 aromatic heterocycles. The van der Waals surface area contributed by atoms with E-state index in [2.05, 4.69) is 41.6 Å². The molecule has 0 fully saturated rings. The molecule has 0 atom stereocenters. The molecule has 0 aliphatic carbocycles. The second-order valence-electron chi connectivity index (χ2n) is 6.90. The monoisotopic (exact) mass is 481 g/mol. The van der Waals surface area contributed by atoms with Crippen LogP contribution in [0.3, 0.4) is 0 Å². The van der Waals surface area contributed by atoms with Crippen LogP contribution in [0.4, 0.5) is 0 Å². The van der Waals surface area contributed by atoms with E-state index in [4.69, 9.17) is 0 Å². The Balaban J connectivity index is 0.00000576. The molecule has 5 nitrogen and oxygen atoms in total. The summed E-state index contributed by atoms with van der Waals surface area (Å²) in [6.07, 6.45) is 2.82. The van der Waals surface area contributed by atoms with Gasteiger partial charge in [0.1, 0.15) is 9.84 Å². The molecule has 2 N–H and O–H groups in total. The van der Waals surface area contributed by atoms with E-state index in [1.54, 1.807) is 0 Å². The van der Waals surface area contributed by atoms with E-state index in [-0.39, 0.29) is 35.1 Å². The molecule has 1 aromatic rings. The lowest BCUT2D eigenvalue weighted by molar-refractivity contribution is 0.365. The fourth-order valence-electron chi connectivity index (χ4n) is 2.15. The van der Waals surface area contributed by atoms with Gasteiger partial charge in [-0.05, 0) is 30.7 Å². The fraction of sp³-hybridized carbons (Fsp3) is 0.611. The maximum Gasteiger partial charge on any atom is 0.191 e. The minimum absolute atomic E-state index is 0. The van der Waals surface area contributed by atoms with Gasteiger partial charge in [0, 0.05) is 25.9 Å². The van der Waals surface area contributed by atoms with Crippen molar-refractivity contribution in [3.05, 3.63) is 35.9 Å². The van der Waals surface area contributed by atoms with Gasteiger partial charge < -0.3 is 10.6 Å². The van der Waals surface area contributed by atoms with Gasteiger partial charge in [0.25, 0.3) is 0 Å². The number of benzene rings is 1. The van der Waals surface area contributed by atoms with Gasteiger partial charge in [-0.25, -0.2) is 8.42 Å². The Kier molecular flexibility index (Phi) is 11.3. The van der Waals surface area contributed by atoms with E-state index in [1.165, 1.54) is 11.8 Å². The smallest absolute Gasteiger partial charge is 0.191 e. The first-order chi connectivity index (χ1) is 11.2. The van der Waals surface area contributed by atoms with E-state index < -0.39 is 9.84 Å². The van der Waals surface area contributed by atoms with Crippen molar-refractivity contribution >= 4 is 39.8 Å². The maximum absolute atomic E-state index is 11.3. The highest BCUT2D eigenvalue weighted by molar-refractivity contribution is 14.0. The van der Waals surface area contributed by atoms with Gasteiger partial charge in [-0.3, -0.25) is 4.99 Å². The molecule has 0 amide bonds. The normalized spacial score (nSPS) is 12.4. The molecule has 0 heterocycles. The van der Waals surface area contributed by atoms with Crippen LogP contribution in [0.25, 0.3) is 0 Å². The summed E-state index contributed by atoms with van der Waals surface area (Å²) < 4.78 is 22.7. The lowest BCUT2D eigenvalue weighted by Gasteiger charge is -2.22. The third-order valence-electron chi connectivity index (χ3n) is 3.71. The van der Waals surface area contributed by atoms with E-state index in [1.807, 2.05) is 25.1 Å². The Bertz CT molecular complexity index is 616. The van der Waals surface area contributed by atoms with Crippen LogP contribution < -0.4 is 10.6 Å². The molecule has 144 valence electrons. The van der Waals surface area contributed by atoms with E-state index in [0.717, 1.165) is 25.5 Å². The quantitative estimate of drug-likeness (QED) is 0.323. The van der Waals surface area contributed by atoms with Gasteiger partial charge in [0.15, 0.2) is 5.96 Å². The van der Waals surface area contributed by atoms with Gasteiger partial charge in [-0.1, -0.05) is 44.2 Å². The Morgan fingerprint density at radius 1 is 1.16 bits per heavy atom. The summed E-state index contributed by atoms with van der Waals surface area (Å²) in [5.74, 6) is 0.980. The van der Waals surface area contributed by atoms with Gasteiger partial charge in [-0.15, -0.1) is 24.0 Å². The minimum atomic E-state index is -2.93. The van der Waals surface area contributed by atoms with Crippen molar-refractivity contribution in [2.75, 3.05) is 31.6 Å². The summed E-state index contributed by atoms with van der Waals surface area (Å²) in [5, 5.41) is 6.57. The van der Waals surface area contributed by atoms with E-state index in [9.17, 15) is 8.42 Å². The minimum Gasteiger partial charge on any atom is -0.357 e. The first kappa shape index (κ1) is 24.2. The average molecular weight is 481 g/mol. The molecule has 0 radical (unpaired) electrons. The van der Waals surface area contributed by atoms with Crippen LogP contribution in [-0.2, 0) is 16.3 Å². The summed E-state index contributed by atoms with van der Waals surface area (Å²) in [6, 6.07) is 10.3. The highest BCUT2D eigenvalue weighted by Gasteiger charge is 2.20. The van der Waals surface area contributed by atoms with Crippen LogP contribution in [0.1, 0.15) is 32.8 Å². The summed E-state index contributed by atoms with van der Waals surface area (Å²) >= 11 is 0. The van der Waals surface area contributed by atoms with Crippen LogP contribution in [0.2, 0.25) is 0 Å². The number of rotatable bonds is 9. The third-order valence-corrected chi connectivity index (χ3v) is 4.65. The van der Waals surface area contributed by atoms with Crippen molar-refractivity contribution in [3.63, 3.8) is 0 Å². The van der Waals surface area contributed by atoms with Crippen LogP contribution in [0.5, 0.6) is 0 Å². The number of hydrogen-bond donors (Lipinski definition) is 2. The predicted octanol–water partition coefficient (Wildman–Crippen LogP) is 2.86. The Hall–Kier alpha value is -0.830. The third kappa shape index (κ3) is 12.2. The van der Waals surface area contributed by atoms with Crippen molar-refractivity contribution in [3.8, 4) is 0 Å². The summed E-state index contributed by atoms with van der Waals surface area (Å²) in [7, 11) is -2.93. The molecule has 1 rings (SSSR count). The number of aliphatic imine (C=N–C) groups is 1. The zero-order valence-electron chi connectivity index (χ0n) is 15.7. The first-order valence-electron chi connectivity index (χ1n) is 8.46. The summed E-state index contributed by atoms with van der Waals surface area (Å²) in [6.45, 7) is 8.32. The molecule has 1 aromatic carbocycles. The van der Waals surface area contributed by atoms with Gasteiger partial charge in [0.2, 0.25) is 0 Å². The average Bonchev–Trinajstić information content (AvgIpc) is 2.51. The van der Waals surface area contributed by atoms with Crippen molar-refractivity contribution in [2.45, 2.75) is 33.6 Å². The highest BCUT2D eigenvalue weighted by atomic mass is 127. The molecule has 25 heavy (non-hydrogen) atoms. The molecule has 0 aliphatic heterocycles. The maximum atomic E-state index is 11.3. The van der Waals surface area contributed by atoms with Gasteiger partial charge >= 0.3 is 0 Å². The van der Waals surface area contributed by atoms with Crippen molar-refractivity contribution in [1.82, 2.24) is 10.6 Å². The first-order valence-corrected chi connectivity index (χ1v) is 10.5. The standard InChI is InChI=1S/C18H31N3O2S.HI/c1-5-19-17(20-13-11-16-9-7-6-8-10-16)21-15-18(2,3)12-14-24(4,22)23;/h6-10H,5,11-15H2,1-4H3,(H2,19,20,21);1H. The number of halogens is 1. The zero-order chi connectivity index (χ0) is 18.1. The lowest BCUT2D eigenvalue weighted by atomic mass is 9.90. The van der Waals surface area contributed by atoms with E-state index in [0.29, 0.717) is 13.0 Å². The molecule has 0 saturated heterocycles. The van der Waals surface area contributed by atoms with Gasteiger partial charge in [0.05, 0.1) is 5.75 Å². The second-order valence-corrected chi connectivity index (χ2v) is 9.16. The molecule has 0 spiro atoms. The molecule has 0 bridgehead atoms. The van der Waals surface area contributed by atoms with Crippen LogP contribution in [-0.4, -0.2) is 46.0 Å². The summed E-state index contributed by atoms with van der Waals surface area (Å²) in [4.78, 5) is 4.62. The van der Waals surface area contributed by atoms with E-state index >= 15 is 0 Å². The largest absolute Gasteiger partial charge is 0.357 e. The fourth-order valence-corrected chi connectivity index (χ4v) is 3.07. The zero-order valence-corrected chi connectivity index (χ0v) is 18.9. The molecular weight excluding hydrogens is 449 g/mol. The predicted molar refractivity (Wildman–Crippen MR) is 118 cm³/mol. The Morgan fingerprint density at radius 3 is 2.36 bits per heavy atom. The highest BCUT2D eigenvalue weighted by Crippen LogP contribution is 2.21. The number of nitrogens with zero attached hydrogens (tertiary/aromatic N) is 1. The topological polar surface area (TPSA) is 70.6 Å². The molecular formula is C18H32IN3O2S. The molecule has 7 heteroatoms. The molecule has 0 aliphatic rings. The number of nitrogens with one attached hydrogen (secondary N) is 2. The molecule has 0 unspecified atom stereocenters. The lowest BCUT2D eigenvalue weighted by Crippen LogP contribution is -2.39. The van der Waals surface area contributed by atoms with Crippen LogP contribution >= 0.6 is 24.0 Å².